The third-order valence-electron chi connectivity index (χ3n) is 5.32. The van der Waals surface area contributed by atoms with E-state index >= 15 is 0 Å². The van der Waals surface area contributed by atoms with Crippen LogP contribution in [0.2, 0.25) is 0 Å². The molecule has 1 atom stereocenters. The Morgan fingerprint density at radius 3 is 2.72 bits per heavy atom. The van der Waals surface area contributed by atoms with Gasteiger partial charge in [-0.15, -0.1) is 0 Å². The lowest BCUT2D eigenvalue weighted by atomic mass is 9.97. The molecule has 1 aromatic carbocycles. The molecule has 0 saturated carbocycles. The predicted molar refractivity (Wildman–Crippen MR) is 110 cm³/mol. The molecule has 0 bridgehead atoms. The van der Waals surface area contributed by atoms with Gasteiger partial charge in [-0.2, -0.15) is 9.61 Å². The lowest BCUT2D eigenvalue weighted by Gasteiger charge is -2.25. The van der Waals surface area contributed by atoms with Gasteiger partial charge in [-0.25, -0.2) is 4.98 Å². The number of anilines is 2. The first-order valence-corrected chi connectivity index (χ1v) is 9.73. The summed E-state index contributed by atoms with van der Waals surface area (Å²) in [4.78, 5) is 19.3. The molecule has 1 fully saturated rings. The molecule has 3 aromatic rings. The van der Waals surface area contributed by atoms with Crippen LogP contribution in [-0.4, -0.2) is 49.9 Å². The minimum atomic E-state index is -0.961. The second kappa shape index (κ2) is 7.46. The number of fused-ring (bicyclic) bond motifs is 1. The van der Waals surface area contributed by atoms with E-state index in [1.165, 1.54) is 0 Å². The monoisotopic (exact) mass is 395 g/mol. The number of carbonyl (C=O) groups is 1. The van der Waals surface area contributed by atoms with Gasteiger partial charge in [0.15, 0.2) is 5.65 Å². The van der Waals surface area contributed by atoms with E-state index in [1.807, 2.05) is 0 Å². The van der Waals surface area contributed by atoms with Gasteiger partial charge in [0, 0.05) is 24.2 Å². The van der Waals surface area contributed by atoms with E-state index in [9.17, 15) is 15.0 Å². The van der Waals surface area contributed by atoms with Crippen molar-refractivity contribution in [3.8, 4) is 0 Å². The van der Waals surface area contributed by atoms with Gasteiger partial charge >= 0.3 is 0 Å². The minimum absolute atomic E-state index is 0.0303. The van der Waals surface area contributed by atoms with E-state index in [-0.39, 0.29) is 18.6 Å². The zero-order valence-corrected chi connectivity index (χ0v) is 16.5. The summed E-state index contributed by atoms with van der Waals surface area (Å²) in [5.41, 5.74) is 0.874. The summed E-state index contributed by atoms with van der Waals surface area (Å²) < 4.78 is 1.72. The maximum absolute atomic E-state index is 12.7. The average Bonchev–Trinajstić information content (AvgIpc) is 3.35. The zero-order chi connectivity index (χ0) is 20.6. The van der Waals surface area contributed by atoms with E-state index in [2.05, 4.69) is 20.3 Å². The lowest BCUT2D eigenvalue weighted by molar-refractivity contribution is 0.0785. The summed E-state index contributed by atoms with van der Waals surface area (Å²) in [7, 11) is 0. The summed E-state index contributed by atoms with van der Waals surface area (Å²) in [6, 6.07) is 10.4. The number of amides is 1. The van der Waals surface area contributed by atoms with Gasteiger partial charge in [-0.05, 0) is 44.4 Å². The standard InChI is InChI=1S/C21H25N5O3/c1-21(2,29)15-7-5-14(6-8-15)20(28)24-17-12-19(25-11-3-4-16(25)13-27)26-18(23-17)9-10-22-26/h5-10,12,16,27,29H,3-4,11,13H2,1-2H3,(H,23,24,28)/t16-/m1/s1. The number of rotatable bonds is 5. The number of hydrogen-bond donors (Lipinski definition) is 3. The minimum Gasteiger partial charge on any atom is -0.394 e. The number of nitrogens with zero attached hydrogens (tertiary/aromatic N) is 4. The maximum atomic E-state index is 12.7. The smallest absolute Gasteiger partial charge is 0.256 e. The fraction of sp³-hybridized carbons (Fsp3) is 0.381. The van der Waals surface area contributed by atoms with E-state index in [4.69, 9.17) is 0 Å². The highest BCUT2D eigenvalue weighted by molar-refractivity contribution is 6.04. The molecule has 1 saturated heterocycles. The Morgan fingerprint density at radius 2 is 2.03 bits per heavy atom. The van der Waals surface area contributed by atoms with Gasteiger partial charge in [0.05, 0.1) is 24.4 Å². The molecule has 152 valence electrons. The largest absolute Gasteiger partial charge is 0.394 e. The highest BCUT2D eigenvalue weighted by Crippen LogP contribution is 2.28. The molecule has 2 aromatic heterocycles. The Kier molecular flexibility index (Phi) is 4.97. The number of nitrogens with one attached hydrogen (secondary N) is 1. The van der Waals surface area contributed by atoms with Gasteiger partial charge in [-0.3, -0.25) is 4.79 Å². The number of carbonyl (C=O) groups excluding carboxylic acids is 1. The SMILES string of the molecule is CC(C)(O)c1ccc(C(=O)Nc2cc(N3CCC[C@@H]3CO)n3nccc3n2)cc1. The Bertz CT molecular complexity index is 1020. The van der Waals surface area contributed by atoms with E-state index in [0.29, 0.717) is 17.0 Å². The van der Waals surface area contributed by atoms with Gasteiger partial charge in [0.1, 0.15) is 11.6 Å². The van der Waals surface area contributed by atoms with Crippen LogP contribution in [0.5, 0.6) is 0 Å². The summed E-state index contributed by atoms with van der Waals surface area (Å²) in [5, 5.41) is 26.9. The first kappa shape index (κ1) is 19.4. The molecule has 3 heterocycles. The number of aliphatic hydroxyl groups excluding tert-OH is 1. The molecular weight excluding hydrogens is 370 g/mol. The van der Waals surface area contributed by atoms with E-state index < -0.39 is 5.60 Å². The van der Waals surface area contributed by atoms with Gasteiger partial charge in [0.2, 0.25) is 0 Å². The molecule has 1 aliphatic rings. The van der Waals surface area contributed by atoms with E-state index in [1.54, 1.807) is 61.0 Å². The Balaban J connectivity index is 1.62. The van der Waals surface area contributed by atoms with Crippen LogP contribution in [0.4, 0.5) is 11.6 Å². The van der Waals surface area contributed by atoms with Gasteiger partial charge in [0.25, 0.3) is 5.91 Å². The summed E-state index contributed by atoms with van der Waals surface area (Å²) in [5.74, 6) is 0.937. The Labute approximate surface area is 168 Å². The third-order valence-corrected chi connectivity index (χ3v) is 5.32. The average molecular weight is 395 g/mol. The van der Waals surface area contributed by atoms with Crippen molar-refractivity contribution < 1.29 is 15.0 Å². The second-order valence-electron chi connectivity index (χ2n) is 7.86. The fourth-order valence-electron chi connectivity index (χ4n) is 3.71. The van der Waals surface area contributed by atoms with Crippen LogP contribution in [0.25, 0.3) is 5.65 Å². The topological polar surface area (TPSA) is 103 Å². The first-order chi connectivity index (χ1) is 13.9. The van der Waals surface area contributed by atoms with Crippen LogP contribution in [0.15, 0.2) is 42.6 Å². The zero-order valence-electron chi connectivity index (χ0n) is 16.5. The molecule has 0 radical (unpaired) electrons. The van der Waals surface area contributed by atoms with Crippen LogP contribution in [0.3, 0.4) is 0 Å². The quantitative estimate of drug-likeness (QED) is 0.612. The molecule has 4 rings (SSSR count). The highest BCUT2D eigenvalue weighted by atomic mass is 16.3. The van der Waals surface area contributed by atoms with Crippen molar-refractivity contribution in [3.63, 3.8) is 0 Å². The van der Waals surface area contributed by atoms with Crippen molar-refractivity contribution in [2.45, 2.75) is 38.3 Å². The number of benzene rings is 1. The van der Waals surface area contributed by atoms with Gasteiger partial charge in [-0.1, -0.05) is 12.1 Å². The highest BCUT2D eigenvalue weighted by Gasteiger charge is 2.27. The molecule has 0 spiro atoms. The number of aliphatic hydroxyl groups is 2. The molecule has 0 unspecified atom stereocenters. The van der Waals surface area contributed by atoms with Crippen LogP contribution in [0, 0.1) is 0 Å². The van der Waals surface area contributed by atoms with E-state index in [0.717, 1.165) is 30.8 Å². The summed E-state index contributed by atoms with van der Waals surface area (Å²) >= 11 is 0. The molecule has 8 heteroatoms. The molecule has 8 nitrogen and oxygen atoms in total. The van der Waals surface area contributed by atoms with Crippen LogP contribution in [0.1, 0.15) is 42.6 Å². The van der Waals surface area contributed by atoms with Crippen molar-refractivity contribution in [3.05, 3.63) is 53.7 Å². The lowest BCUT2D eigenvalue weighted by Crippen LogP contribution is -2.33. The number of hydrogen-bond acceptors (Lipinski definition) is 6. The Morgan fingerprint density at radius 1 is 1.28 bits per heavy atom. The van der Waals surface area contributed by atoms with Crippen LogP contribution < -0.4 is 10.2 Å². The molecule has 3 N–H and O–H groups in total. The molecule has 29 heavy (non-hydrogen) atoms. The van der Waals surface area contributed by atoms with Crippen LogP contribution in [-0.2, 0) is 5.60 Å². The van der Waals surface area contributed by atoms with Crippen molar-refractivity contribution in [1.29, 1.82) is 0 Å². The first-order valence-electron chi connectivity index (χ1n) is 9.73. The van der Waals surface area contributed by atoms with Crippen LogP contribution >= 0.6 is 0 Å². The summed E-state index contributed by atoms with van der Waals surface area (Å²) in [6.45, 7) is 4.29. The van der Waals surface area contributed by atoms with Gasteiger partial charge < -0.3 is 20.4 Å². The molecule has 1 amide bonds. The van der Waals surface area contributed by atoms with Crippen molar-refractivity contribution in [1.82, 2.24) is 14.6 Å². The van der Waals surface area contributed by atoms with Crippen molar-refractivity contribution in [2.24, 2.45) is 0 Å². The molecular formula is C21H25N5O3. The normalized spacial score (nSPS) is 17.1. The van der Waals surface area contributed by atoms with Crippen molar-refractivity contribution in [2.75, 3.05) is 23.4 Å². The van der Waals surface area contributed by atoms with Crippen molar-refractivity contribution >= 4 is 23.2 Å². The predicted octanol–water partition coefficient (Wildman–Crippen LogP) is 2.17. The summed E-state index contributed by atoms with van der Waals surface area (Å²) in [6.07, 6.45) is 3.57. The molecule has 0 aliphatic carbocycles. The Hall–Kier alpha value is -2.97. The second-order valence-corrected chi connectivity index (χ2v) is 7.86. The molecule has 1 aliphatic heterocycles. The maximum Gasteiger partial charge on any atom is 0.256 e. The third kappa shape index (κ3) is 3.81. The fourth-order valence-corrected chi connectivity index (χ4v) is 3.71. The number of aromatic nitrogens is 3.